The second kappa shape index (κ2) is 8.71. The Morgan fingerprint density at radius 2 is 1.63 bits per heavy atom. The molecule has 1 aliphatic heterocycles. The lowest BCUT2D eigenvalue weighted by atomic mass is 10.00. The van der Waals surface area contributed by atoms with Gasteiger partial charge < -0.3 is 4.90 Å². The molecule has 1 heterocycles. The monoisotopic (exact) mass is 420 g/mol. The lowest BCUT2D eigenvalue weighted by molar-refractivity contribution is 0.0985. The summed E-state index contributed by atoms with van der Waals surface area (Å²) in [5.41, 5.74) is 4.01. The van der Waals surface area contributed by atoms with Gasteiger partial charge in [-0.15, -0.1) is 0 Å². The van der Waals surface area contributed by atoms with Gasteiger partial charge in [0.2, 0.25) is 10.0 Å². The van der Waals surface area contributed by atoms with Crippen molar-refractivity contribution in [1.82, 2.24) is 0 Å². The first-order chi connectivity index (χ1) is 14.5. The van der Waals surface area contributed by atoms with E-state index in [-0.39, 0.29) is 11.7 Å². The summed E-state index contributed by atoms with van der Waals surface area (Å²) in [5, 5.41) is 0. The number of hydrogen-bond donors (Lipinski definition) is 1. The minimum Gasteiger partial charge on any atom is -0.308 e. The molecule has 6 heteroatoms. The Balaban J connectivity index is 1.49. The Morgan fingerprint density at radius 3 is 2.37 bits per heavy atom. The van der Waals surface area contributed by atoms with Gasteiger partial charge in [-0.05, 0) is 60.7 Å². The topological polar surface area (TPSA) is 66.5 Å². The van der Waals surface area contributed by atoms with E-state index in [1.807, 2.05) is 72.8 Å². The number of sulfonamides is 1. The van der Waals surface area contributed by atoms with Gasteiger partial charge >= 0.3 is 0 Å². The van der Waals surface area contributed by atoms with Crippen molar-refractivity contribution in [3.05, 3.63) is 95.6 Å². The average molecular weight is 421 g/mol. The van der Waals surface area contributed by atoms with Crippen LogP contribution < -0.4 is 9.62 Å². The number of amides is 1. The molecular formula is C24H24N2O3S. The number of nitrogens with zero attached hydrogens (tertiary/aromatic N) is 1. The maximum absolute atomic E-state index is 12.9. The summed E-state index contributed by atoms with van der Waals surface area (Å²) >= 11 is 0. The average Bonchev–Trinajstić information content (AvgIpc) is 2.78. The molecule has 0 atom stereocenters. The lowest BCUT2D eigenvalue weighted by Gasteiger charge is -2.30. The van der Waals surface area contributed by atoms with Gasteiger partial charge in [0.25, 0.3) is 5.91 Å². The van der Waals surface area contributed by atoms with Crippen molar-refractivity contribution in [2.75, 3.05) is 21.9 Å². The molecular weight excluding hydrogens is 396 g/mol. The van der Waals surface area contributed by atoms with Gasteiger partial charge in [0.05, 0.1) is 5.75 Å². The molecule has 1 N–H and O–H groups in total. The van der Waals surface area contributed by atoms with Crippen molar-refractivity contribution in [2.24, 2.45) is 0 Å². The van der Waals surface area contributed by atoms with Crippen LogP contribution in [0.4, 0.5) is 11.4 Å². The number of rotatable bonds is 6. The van der Waals surface area contributed by atoms with E-state index in [2.05, 4.69) is 4.72 Å². The fourth-order valence-corrected chi connectivity index (χ4v) is 4.83. The van der Waals surface area contributed by atoms with Gasteiger partial charge in [0.1, 0.15) is 0 Å². The first kappa shape index (κ1) is 20.2. The van der Waals surface area contributed by atoms with Crippen molar-refractivity contribution in [3.8, 4) is 0 Å². The molecule has 0 fully saturated rings. The standard InChI is InChI=1S/C24H24N2O3S/c27-24(20-10-5-2-6-11-20)26-16-7-12-21-18-22(13-14-23(21)26)25-30(28,29)17-15-19-8-3-1-4-9-19/h1-6,8-11,13-14,18,25H,7,12,15-17H2. The number of fused-ring (bicyclic) bond motifs is 1. The van der Waals surface area contributed by atoms with Crippen molar-refractivity contribution in [3.63, 3.8) is 0 Å². The summed E-state index contributed by atoms with van der Waals surface area (Å²) in [7, 11) is -3.46. The maximum atomic E-state index is 12.9. The van der Waals surface area contributed by atoms with E-state index < -0.39 is 10.0 Å². The molecule has 0 bridgehead atoms. The fraction of sp³-hybridized carbons (Fsp3) is 0.208. The van der Waals surface area contributed by atoms with E-state index in [0.29, 0.717) is 24.2 Å². The highest BCUT2D eigenvalue weighted by molar-refractivity contribution is 7.92. The van der Waals surface area contributed by atoms with Crippen LogP contribution >= 0.6 is 0 Å². The van der Waals surface area contributed by atoms with Crippen LogP contribution in [0.3, 0.4) is 0 Å². The van der Waals surface area contributed by atoms with Crippen LogP contribution in [-0.2, 0) is 22.9 Å². The molecule has 0 radical (unpaired) electrons. The molecule has 0 spiro atoms. The molecule has 30 heavy (non-hydrogen) atoms. The molecule has 5 nitrogen and oxygen atoms in total. The van der Waals surface area contributed by atoms with E-state index in [9.17, 15) is 13.2 Å². The highest BCUT2D eigenvalue weighted by atomic mass is 32.2. The van der Waals surface area contributed by atoms with Crippen LogP contribution in [0.5, 0.6) is 0 Å². The second-order valence-electron chi connectivity index (χ2n) is 7.43. The van der Waals surface area contributed by atoms with Gasteiger partial charge in [0, 0.05) is 23.5 Å². The molecule has 154 valence electrons. The molecule has 0 aromatic heterocycles. The minimum atomic E-state index is -3.46. The highest BCUT2D eigenvalue weighted by Gasteiger charge is 2.24. The van der Waals surface area contributed by atoms with E-state index in [1.165, 1.54) is 0 Å². The maximum Gasteiger partial charge on any atom is 0.258 e. The zero-order valence-electron chi connectivity index (χ0n) is 16.6. The summed E-state index contributed by atoms with van der Waals surface area (Å²) in [5.74, 6) is -0.0139. The predicted molar refractivity (Wildman–Crippen MR) is 120 cm³/mol. The third-order valence-corrected chi connectivity index (χ3v) is 6.53. The molecule has 1 amide bonds. The molecule has 3 aromatic rings. The van der Waals surface area contributed by atoms with Gasteiger partial charge in [-0.3, -0.25) is 9.52 Å². The zero-order valence-corrected chi connectivity index (χ0v) is 17.4. The molecule has 0 saturated heterocycles. The predicted octanol–water partition coefficient (Wildman–Crippen LogP) is 4.26. The number of aryl methyl sites for hydroxylation is 2. The first-order valence-corrected chi connectivity index (χ1v) is 11.7. The van der Waals surface area contributed by atoms with Crippen molar-refractivity contribution >= 4 is 27.3 Å². The molecule has 1 aliphatic rings. The third-order valence-electron chi connectivity index (χ3n) is 5.24. The van der Waals surface area contributed by atoms with Gasteiger partial charge in [-0.1, -0.05) is 48.5 Å². The summed E-state index contributed by atoms with van der Waals surface area (Å²) < 4.78 is 27.7. The van der Waals surface area contributed by atoms with Crippen LogP contribution in [0.25, 0.3) is 0 Å². The molecule has 0 unspecified atom stereocenters. The van der Waals surface area contributed by atoms with Gasteiger partial charge in [-0.25, -0.2) is 8.42 Å². The van der Waals surface area contributed by atoms with Crippen molar-refractivity contribution < 1.29 is 13.2 Å². The molecule has 0 saturated carbocycles. The summed E-state index contributed by atoms with van der Waals surface area (Å²) in [6.45, 7) is 0.656. The second-order valence-corrected chi connectivity index (χ2v) is 9.27. The van der Waals surface area contributed by atoms with Crippen molar-refractivity contribution in [2.45, 2.75) is 19.3 Å². The minimum absolute atomic E-state index is 0.0206. The molecule has 3 aromatic carbocycles. The number of carbonyl (C=O) groups is 1. The third kappa shape index (κ3) is 4.71. The molecule has 4 rings (SSSR count). The number of nitrogens with one attached hydrogen (secondary N) is 1. The Labute approximate surface area is 177 Å². The largest absolute Gasteiger partial charge is 0.308 e. The number of hydrogen-bond acceptors (Lipinski definition) is 3. The quantitative estimate of drug-likeness (QED) is 0.648. The first-order valence-electron chi connectivity index (χ1n) is 10.1. The number of anilines is 2. The molecule has 0 aliphatic carbocycles. The van der Waals surface area contributed by atoms with Gasteiger partial charge in [-0.2, -0.15) is 0 Å². The summed E-state index contributed by atoms with van der Waals surface area (Å²) in [4.78, 5) is 14.7. The summed E-state index contributed by atoms with van der Waals surface area (Å²) in [6.07, 6.45) is 2.11. The Hall–Kier alpha value is -3.12. The van der Waals surface area contributed by atoms with Crippen LogP contribution in [0.2, 0.25) is 0 Å². The Bertz CT molecular complexity index is 1130. The number of carbonyl (C=O) groups excluding carboxylic acids is 1. The van der Waals surface area contributed by atoms with Crippen LogP contribution in [0, 0.1) is 0 Å². The van der Waals surface area contributed by atoms with Crippen molar-refractivity contribution in [1.29, 1.82) is 0 Å². The van der Waals surface area contributed by atoms with E-state index in [0.717, 1.165) is 29.7 Å². The van der Waals surface area contributed by atoms with Crippen LogP contribution in [-0.4, -0.2) is 26.6 Å². The smallest absolute Gasteiger partial charge is 0.258 e. The normalized spacial score (nSPS) is 13.5. The lowest BCUT2D eigenvalue weighted by Crippen LogP contribution is -2.35. The van der Waals surface area contributed by atoms with Gasteiger partial charge in [0.15, 0.2) is 0 Å². The SMILES string of the molecule is O=C(c1ccccc1)N1CCCc2cc(NS(=O)(=O)CCc3ccccc3)ccc21. The van der Waals surface area contributed by atoms with E-state index >= 15 is 0 Å². The zero-order chi connectivity index (χ0) is 21.0. The number of benzene rings is 3. The van der Waals surface area contributed by atoms with E-state index in [4.69, 9.17) is 0 Å². The Morgan fingerprint density at radius 1 is 0.933 bits per heavy atom. The fourth-order valence-electron chi connectivity index (χ4n) is 3.74. The highest BCUT2D eigenvalue weighted by Crippen LogP contribution is 2.31. The van der Waals surface area contributed by atoms with Crippen LogP contribution in [0.1, 0.15) is 27.9 Å². The summed E-state index contributed by atoms with van der Waals surface area (Å²) in [6, 6.07) is 24.2. The van der Waals surface area contributed by atoms with E-state index in [1.54, 1.807) is 11.0 Å². The Kier molecular flexibility index (Phi) is 5.86. The van der Waals surface area contributed by atoms with Crippen LogP contribution in [0.15, 0.2) is 78.9 Å².